The van der Waals surface area contributed by atoms with Gasteiger partial charge < -0.3 is 10.6 Å². The van der Waals surface area contributed by atoms with Crippen molar-refractivity contribution in [2.24, 2.45) is 5.92 Å². The van der Waals surface area contributed by atoms with Crippen molar-refractivity contribution in [2.75, 3.05) is 19.6 Å². The molecule has 0 spiro atoms. The first-order chi connectivity index (χ1) is 8.16. The summed E-state index contributed by atoms with van der Waals surface area (Å²) in [5, 5.41) is 6.04. The summed E-state index contributed by atoms with van der Waals surface area (Å²) in [5.41, 5.74) is 1.23. The standard InChI is InChI=1S/C13H16N2O2/c1-9(16)11-2-4-12(5-3-11)13(17)15-8-10-6-14-7-10/h2-5,10,14H,6-8H2,1H3,(H,15,17). The molecule has 0 radical (unpaired) electrons. The molecule has 1 aliphatic rings. The van der Waals surface area contributed by atoms with Gasteiger partial charge in [0.2, 0.25) is 0 Å². The molecule has 1 saturated heterocycles. The molecule has 0 saturated carbocycles. The highest BCUT2D eigenvalue weighted by atomic mass is 16.1. The highest BCUT2D eigenvalue weighted by Crippen LogP contribution is 2.06. The van der Waals surface area contributed by atoms with Gasteiger partial charge in [0.1, 0.15) is 0 Å². The lowest BCUT2D eigenvalue weighted by Gasteiger charge is -2.27. The Morgan fingerprint density at radius 3 is 2.29 bits per heavy atom. The summed E-state index contributed by atoms with van der Waals surface area (Å²) >= 11 is 0. The lowest BCUT2D eigenvalue weighted by molar-refractivity contribution is 0.0940. The molecule has 1 heterocycles. The second kappa shape index (κ2) is 5.10. The molecule has 4 nitrogen and oxygen atoms in total. The maximum Gasteiger partial charge on any atom is 0.251 e. The van der Waals surface area contributed by atoms with Crippen LogP contribution in [0.25, 0.3) is 0 Å². The zero-order chi connectivity index (χ0) is 12.3. The maximum atomic E-state index is 11.8. The first kappa shape index (κ1) is 11.8. The van der Waals surface area contributed by atoms with Crippen molar-refractivity contribution in [1.82, 2.24) is 10.6 Å². The number of rotatable bonds is 4. The molecule has 2 rings (SSSR count). The van der Waals surface area contributed by atoms with Gasteiger partial charge in [-0.2, -0.15) is 0 Å². The SMILES string of the molecule is CC(=O)c1ccc(C(=O)NCC2CNC2)cc1. The number of amides is 1. The smallest absolute Gasteiger partial charge is 0.251 e. The van der Waals surface area contributed by atoms with E-state index in [-0.39, 0.29) is 11.7 Å². The second-order valence-electron chi connectivity index (χ2n) is 4.37. The molecule has 0 unspecified atom stereocenters. The van der Waals surface area contributed by atoms with Crippen molar-refractivity contribution < 1.29 is 9.59 Å². The minimum Gasteiger partial charge on any atom is -0.352 e. The largest absolute Gasteiger partial charge is 0.352 e. The van der Waals surface area contributed by atoms with Gasteiger partial charge in [0, 0.05) is 36.7 Å². The van der Waals surface area contributed by atoms with Crippen molar-refractivity contribution in [3.05, 3.63) is 35.4 Å². The molecule has 17 heavy (non-hydrogen) atoms. The molecule has 1 aromatic rings. The topological polar surface area (TPSA) is 58.2 Å². The number of carbonyl (C=O) groups is 2. The van der Waals surface area contributed by atoms with E-state index in [1.165, 1.54) is 6.92 Å². The lowest BCUT2D eigenvalue weighted by atomic mass is 10.0. The van der Waals surface area contributed by atoms with Crippen LogP contribution in [0.2, 0.25) is 0 Å². The molecule has 1 fully saturated rings. The van der Waals surface area contributed by atoms with Crippen LogP contribution in [0.1, 0.15) is 27.6 Å². The van der Waals surface area contributed by atoms with Crippen LogP contribution in [-0.2, 0) is 0 Å². The third-order valence-electron chi connectivity index (χ3n) is 2.97. The van der Waals surface area contributed by atoms with E-state index < -0.39 is 0 Å². The molecule has 2 N–H and O–H groups in total. The average molecular weight is 232 g/mol. The van der Waals surface area contributed by atoms with Crippen molar-refractivity contribution in [3.8, 4) is 0 Å². The highest BCUT2D eigenvalue weighted by molar-refractivity contribution is 5.97. The fourth-order valence-electron chi connectivity index (χ4n) is 1.69. The fourth-order valence-corrected chi connectivity index (χ4v) is 1.69. The summed E-state index contributed by atoms with van der Waals surface area (Å²) < 4.78 is 0. The third-order valence-corrected chi connectivity index (χ3v) is 2.97. The van der Waals surface area contributed by atoms with E-state index in [0.29, 0.717) is 23.6 Å². The monoisotopic (exact) mass is 232 g/mol. The number of hydrogen-bond donors (Lipinski definition) is 2. The quantitative estimate of drug-likeness (QED) is 0.756. The normalized spacial score (nSPS) is 15.1. The summed E-state index contributed by atoms with van der Waals surface area (Å²) in [6.45, 7) is 4.17. The highest BCUT2D eigenvalue weighted by Gasteiger charge is 2.17. The van der Waals surface area contributed by atoms with Gasteiger partial charge >= 0.3 is 0 Å². The minimum atomic E-state index is -0.0768. The molecule has 1 amide bonds. The van der Waals surface area contributed by atoms with Crippen LogP contribution in [0.4, 0.5) is 0 Å². The summed E-state index contributed by atoms with van der Waals surface area (Å²) in [6.07, 6.45) is 0. The van der Waals surface area contributed by atoms with Gasteiger partial charge in [0.15, 0.2) is 5.78 Å². The van der Waals surface area contributed by atoms with Gasteiger partial charge in [0.25, 0.3) is 5.91 Å². The molecule has 90 valence electrons. The Morgan fingerprint density at radius 2 is 1.82 bits per heavy atom. The maximum absolute atomic E-state index is 11.8. The Morgan fingerprint density at radius 1 is 1.24 bits per heavy atom. The van der Waals surface area contributed by atoms with Crippen molar-refractivity contribution in [3.63, 3.8) is 0 Å². The molecule has 0 aliphatic carbocycles. The molecule has 0 bridgehead atoms. The number of benzene rings is 1. The summed E-state index contributed by atoms with van der Waals surface area (Å²) in [5.74, 6) is 0.486. The van der Waals surface area contributed by atoms with E-state index in [4.69, 9.17) is 0 Å². The molecule has 1 aliphatic heterocycles. The Hall–Kier alpha value is -1.68. The van der Waals surface area contributed by atoms with Gasteiger partial charge in [-0.15, -0.1) is 0 Å². The van der Waals surface area contributed by atoms with E-state index in [2.05, 4.69) is 10.6 Å². The van der Waals surface area contributed by atoms with Crippen molar-refractivity contribution in [2.45, 2.75) is 6.92 Å². The number of nitrogens with one attached hydrogen (secondary N) is 2. The number of ketones is 1. The van der Waals surface area contributed by atoms with E-state index in [0.717, 1.165) is 13.1 Å². The Balaban J connectivity index is 1.91. The van der Waals surface area contributed by atoms with Crippen LogP contribution in [0, 0.1) is 5.92 Å². The summed E-state index contributed by atoms with van der Waals surface area (Å²) in [7, 11) is 0. The lowest BCUT2D eigenvalue weighted by Crippen LogP contribution is -2.48. The number of carbonyl (C=O) groups excluding carboxylic acids is 2. The van der Waals surface area contributed by atoms with E-state index >= 15 is 0 Å². The number of Topliss-reactive ketones (excluding diaryl/α,β-unsaturated/α-hetero) is 1. The molecular weight excluding hydrogens is 216 g/mol. The summed E-state index contributed by atoms with van der Waals surface area (Å²) in [6, 6.07) is 6.74. The minimum absolute atomic E-state index is 0.0116. The zero-order valence-electron chi connectivity index (χ0n) is 9.82. The Kier molecular flexibility index (Phi) is 3.54. The van der Waals surface area contributed by atoms with Gasteiger partial charge in [-0.25, -0.2) is 0 Å². The van der Waals surface area contributed by atoms with E-state index in [9.17, 15) is 9.59 Å². The predicted molar refractivity (Wildman–Crippen MR) is 65.1 cm³/mol. The van der Waals surface area contributed by atoms with Crippen LogP contribution in [0.5, 0.6) is 0 Å². The predicted octanol–water partition coefficient (Wildman–Crippen LogP) is 0.838. The molecule has 4 heteroatoms. The first-order valence-electron chi connectivity index (χ1n) is 5.77. The van der Waals surface area contributed by atoms with Crippen LogP contribution >= 0.6 is 0 Å². The molecule has 0 aromatic heterocycles. The zero-order valence-corrected chi connectivity index (χ0v) is 9.82. The van der Waals surface area contributed by atoms with Gasteiger partial charge in [-0.05, 0) is 19.1 Å². The van der Waals surface area contributed by atoms with Gasteiger partial charge in [0.05, 0.1) is 0 Å². The first-order valence-corrected chi connectivity index (χ1v) is 5.77. The van der Waals surface area contributed by atoms with Crippen LogP contribution < -0.4 is 10.6 Å². The summed E-state index contributed by atoms with van der Waals surface area (Å²) in [4.78, 5) is 22.8. The molecular formula is C13H16N2O2. The number of hydrogen-bond acceptors (Lipinski definition) is 3. The van der Waals surface area contributed by atoms with Crippen LogP contribution in [0.3, 0.4) is 0 Å². The van der Waals surface area contributed by atoms with E-state index in [1.54, 1.807) is 24.3 Å². The second-order valence-corrected chi connectivity index (χ2v) is 4.37. The van der Waals surface area contributed by atoms with Gasteiger partial charge in [-0.1, -0.05) is 12.1 Å². The van der Waals surface area contributed by atoms with Crippen molar-refractivity contribution >= 4 is 11.7 Å². The Bertz CT molecular complexity index is 422. The van der Waals surface area contributed by atoms with Crippen LogP contribution in [0.15, 0.2) is 24.3 Å². The van der Waals surface area contributed by atoms with Crippen LogP contribution in [-0.4, -0.2) is 31.3 Å². The fraction of sp³-hybridized carbons (Fsp3) is 0.385. The average Bonchev–Trinajstić information content (AvgIpc) is 2.27. The Labute approximate surface area is 100 Å². The molecule has 1 aromatic carbocycles. The van der Waals surface area contributed by atoms with Crippen molar-refractivity contribution in [1.29, 1.82) is 0 Å². The van der Waals surface area contributed by atoms with E-state index in [1.807, 2.05) is 0 Å². The van der Waals surface area contributed by atoms with Gasteiger partial charge in [-0.3, -0.25) is 9.59 Å². The third kappa shape index (κ3) is 2.91. The molecule has 0 atom stereocenters.